The predicted octanol–water partition coefficient (Wildman–Crippen LogP) is 2.22. The van der Waals surface area contributed by atoms with Gasteiger partial charge < -0.3 is 10.5 Å². The molecule has 2 rings (SSSR count). The highest BCUT2D eigenvalue weighted by atomic mass is 79.9. The van der Waals surface area contributed by atoms with Crippen molar-refractivity contribution >= 4 is 27.7 Å². The average Bonchev–Trinajstić information content (AvgIpc) is 2.66. The standard InChI is InChI=1S/C12H12BrN3O2/c1-16-11(14)9(10(15-16)12(17)18-2)7-3-5-8(13)6-4-7/h3-6H,14H2,1-2H3. The highest BCUT2D eigenvalue weighted by Gasteiger charge is 2.22. The van der Waals surface area contributed by atoms with E-state index in [2.05, 4.69) is 21.0 Å². The van der Waals surface area contributed by atoms with Gasteiger partial charge in [-0.05, 0) is 17.7 Å². The van der Waals surface area contributed by atoms with Crippen molar-refractivity contribution in [2.45, 2.75) is 0 Å². The van der Waals surface area contributed by atoms with Crippen LogP contribution in [-0.4, -0.2) is 22.9 Å². The molecule has 0 aliphatic carbocycles. The summed E-state index contributed by atoms with van der Waals surface area (Å²) in [5, 5.41) is 4.09. The first kappa shape index (κ1) is 12.6. The molecule has 0 fully saturated rings. The molecule has 0 bridgehead atoms. The fourth-order valence-electron chi connectivity index (χ4n) is 1.68. The van der Waals surface area contributed by atoms with Crippen LogP contribution < -0.4 is 5.73 Å². The van der Waals surface area contributed by atoms with Gasteiger partial charge in [0.1, 0.15) is 5.82 Å². The summed E-state index contributed by atoms with van der Waals surface area (Å²) in [5.41, 5.74) is 7.59. The normalized spacial score (nSPS) is 10.4. The number of esters is 1. The Kier molecular flexibility index (Phi) is 3.38. The number of anilines is 1. The van der Waals surface area contributed by atoms with Gasteiger partial charge >= 0.3 is 5.97 Å². The van der Waals surface area contributed by atoms with E-state index in [9.17, 15) is 4.79 Å². The zero-order chi connectivity index (χ0) is 13.3. The Morgan fingerprint density at radius 3 is 2.56 bits per heavy atom. The Morgan fingerprint density at radius 1 is 1.39 bits per heavy atom. The molecule has 0 aliphatic heterocycles. The number of methoxy groups -OCH3 is 1. The Balaban J connectivity index is 2.62. The molecule has 0 spiro atoms. The smallest absolute Gasteiger partial charge is 0.359 e. The number of halogens is 1. The molecule has 1 aromatic carbocycles. The second-order valence-electron chi connectivity index (χ2n) is 3.73. The van der Waals surface area contributed by atoms with Crippen molar-refractivity contribution in [2.75, 3.05) is 12.8 Å². The largest absolute Gasteiger partial charge is 0.464 e. The van der Waals surface area contributed by atoms with Crippen LogP contribution in [0.5, 0.6) is 0 Å². The molecule has 5 nitrogen and oxygen atoms in total. The number of hydrogen-bond donors (Lipinski definition) is 1. The zero-order valence-corrected chi connectivity index (χ0v) is 11.6. The van der Waals surface area contributed by atoms with Crippen LogP contribution in [0.1, 0.15) is 10.5 Å². The van der Waals surface area contributed by atoms with Crippen LogP contribution in [-0.2, 0) is 11.8 Å². The first-order chi connectivity index (χ1) is 8.54. The molecule has 0 atom stereocenters. The van der Waals surface area contributed by atoms with Gasteiger partial charge in [-0.2, -0.15) is 5.10 Å². The number of ether oxygens (including phenoxy) is 1. The number of hydrogen-bond acceptors (Lipinski definition) is 4. The lowest BCUT2D eigenvalue weighted by Gasteiger charge is -2.03. The lowest BCUT2D eigenvalue weighted by Crippen LogP contribution is -2.04. The molecule has 1 heterocycles. The Labute approximate surface area is 113 Å². The van der Waals surface area contributed by atoms with E-state index in [4.69, 9.17) is 10.5 Å². The van der Waals surface area contributed by atoms with Crippen LogP contribution in [0.3, 0.4) is 0 Å². The average molecular weight is 310 g/mol. The van der Waals surface area contributed by atoms with Crippen LogP contribution in [0, 0.1) is 0 Å². The summed E-state index contributed by atoms with van der Waals surface area (Å²) in [5.74, 6) is -0.0714. The molecule has 0 saturated carbocycles. The minimum absolute atomic E-state index is 0.222. The molecule has 0 amide bonds. The summed E-state index contributed by atoms with van der Waals surface area (Å²) in [6, 6.07) is 7.49. The van der Waals surface area contributed by atoms with Gasteiger partial charge in [-0.25, -0.2) is 4.79 Å². The highest BCUT2D eigenvalue weighted by Crippen LogP contribution is 2.30. The van der Waals surface area contributed by atoms with Gasteiger partial charge in [-0.1, -0.05) is 28.1 Å². The lowest BCUT2D eigenvalue weighted by molar-refractivity contribution is 0.0594. The maximum Gasteiger partial charge on any atom is 0.359 e. The van der Waals surface area contributed by atoms with Crippen molar-refractivity contribution in [3.63, 3.8) is 0 Å². The van der Waals surface area contributed by atoms with Gasteiger partial charge in [-0.15, -0.1) is 0 Å². The third-order valence-electron chi connectivity index (χ3n) is 2.60. The van der Waals surface area contributed by atoms with Gasteiger partial charge in [0.15, 0.2) is 5.69 Å². The number of carbonyl (C=O) groups excluding carboxylic acids is 1. The van der Waals surface area contributed by atoms with Crippen LogP contribution in [0.15, 0.2) is 28.7 Å². The van der Waals surface area contributed by atoms with E-state index in [1.807, 2.05) is 24.3 Å². The Morgan fingerprint density at radius 2 is 2.00 bits per heavy atom. The molecule has 2 N–H and O–H groups in total. The Bertz CT molecular complexity index is 590. The molecule has 0 unspecified atom stereocenters. The molecule has 6 heteroatoms. The van der Waals surface area contributed by atoms with Crippen molar-refractivity contribution in [3.8, 4) is 11.1 Å². The van der Waals surface area contributed by atoms with Gasteiger partial charge in [0.05, 0.1) is 12.7 Å². The van der Waals surface area contributed by atoms with E-state index < -0.39 is 5.97 Å². The van der Waals surface area contributed by atoms with Crippen molar-refractivity contribution in [1.29, 1.82) is 0 Å². The fourth-order valence-corrected chi connectivity index (χ4v) is 1.94. The maximum atomic E-state index is 11.7. The number of benzene rings is 1. The van der Waals surface area contributed by atoms with Crippen molar-refractivity contribution in [1.82, 2.24) is 9.78 Å². The minimum atomic E-state index is -0.500. The SMILES string of the molecule is COC(=O)c1nn(C)c(N)c1-c1ccc(Br)cc1. The van der Waals surface area contributed by atoms with Crippen LogP contribution in [0.25, 0.3) is 11.1 Å². The first-order valence-corrected chi connectivity index (χ1v) is 6.00. The predicted molar refractivity (Wildman–Crippen MR) is 72.1 cm³/mol. The fraction of sp³-hybridized carbons (Fsp3) is 0.167. The number of aromatic nitrogens is 2. The molecule has 1 aromatic heterocycles. The van der Waals surface area contributed by atoms with Crippen molar-refractivity contribution in [2.24, 2.45) is 7.05 Å². The van der Waals surface area contributed by atoms with E-state index in [1.165, 1.54) is 11.8 Å². The first-order valence-electron chi connectivity index (χ1n) is 5.21. The second kappa shape index (κ2) is 4.81. The molecule has 0 saturated heterocycles. The van der Waals surface area contributed by atoms with Crippen molar-refractivity contribution < 1.29 is 9.53 Å². The lowest BCUT2D eigenvalue weighted by atomic mass is 10.1. The zero-order valence-electron chi connectivity index (χ0n) is 9.98. The van der Waals surface area contributed by atoms with E-state index in [0.29, 0.717) is 11.4 Å². The monoisotopic (exact) mass is 309 g/mol. The molecule has 2 aromatic rings. The quantitative estimate of drug-likeness (QED) is 0.864. The van der Waals surface area contributed by atoms with Crippen molar-refractivity contribution in [3.05, 3.63) is 34.4 Å². The second-order valence-corrected chi connectivity index (χ2v) is 4.65. The maximum absolute atomic E-state index is 11.7. The molecule has 0 aliphatic rings. The number of aryl methyl sites for hydroxylation is 1. The molecule has 0 radical (unpaired) electrons. The van der Waals surface area contributed by atoms with E-state index in [0.717, 1.165) is 10.0 Å². The summed E-state index contributed by atoms with van der Waals surface area (Å²) < 4.78 is 7.12. The number of nitrogens with zero attached hydrogens (tertiary/aromatic N) is 2. The number of carbonyl (C=O) groups is 1. The third-order valence-corrected chi connectivity index (χ3v) is 3.13. The van der Waals surface area contributed by atoms with Crippen LogP contribution >= 0.6 is 15.9 Å². The van der Waals surface area contributed by atoms with Gasteiger partial charge in [0.2, 0.25) is 0 Å². The summed E-state index contributed by atoms with van der Waals surface area (Å²) in [7, 11) is 3.00. The minimum Gasteiger partial charge on any atom is -0.464 e. The summed E-state index contributed by atoms with van der Waals surface area (Å²) in [6.07, 6.45) is 0. The number of nitrogens with two attached hydrogens (primary N) is 1. The number of rotatable bonds is 2. The third kappa shape index (κ3) is 2.11. The molecular weight excluding hydrogens is 298 g/mol. The molecule has 18 heavy (non-hydrogen) atoms. The number of nitrogen functional groups attached to an aromatic ring is 1. The van der Waals surface area contributed by atoms with E-state index in [1.54, 1.807) is 7.05 Å². The topological polar surface area (TPSA) is 70.1 Å². The van der Waals surface area contributed by atoms with E-state index >= 15 is 0 Å². The van der Waals surface area contributed by atoms with E-state index in [-0.39, 0.29) is 5.69 Å². The summed E-state index contributed by atoms with van der Waals surface area (Å²) in [4.78, 5) is 11.7. The van der Waals surface area contributed by atoms with Crippen LogP contribution in [0.4, 0.5) is 5.82 Å². The van der Waals surface area contributed by atoms with Gasteiger partial charge in [0.25, 0.3) is 0 Å². The summed E-state index contributed by atoms with van der Waals surface area (Å²) >= 11 is 3.36. The Hall–Kier alpha value is -1.82. The van der Waals surface area contributed by atoms with Crippen LogP contribution in [0.2, 0.25) is 0 Å². The molecular formula is C12H12BrN3O2. The van der Waals surface area contributed by atoms with Gasteiger partial charge in [-0.3, -0.25) is 4.68 Å². The van der Waals surface area contributed by atoms with Gasteiger partial charge in [0, 0.05) is 11.5 Å². The summed E-state index contributed by atoms with van der Waals surface area (Å²) in [6.45, 7) is 0. The molecule has 94 valence electrons. The highest BCUT2D eigenvalue weighted by molar-refractivity contribution is 9.10.